The summed E-state index contributed by atoms with van der Waals surface area (Å²) in [5, 5.41) is 5.44. The Morgan fingerprint density at radius 2 is 1.63 bits per heavy atom. The summed E-state index contributed by atoms with van der Waals surface area (Å²) < 4.78 is 0. The van der Waals surface area contributed by atoms with E-state index < -0.39 is 0 Å². The van der Waals surface area contributed by atoms with Crippen molar-refractivity contribution in [1.82, 2.24) is 0 Å². The highest BCUT2D eigenvalue weighted by Gasteiger charge is 2.21. The number of hydrogen-bond acceptors (Lipinski definition) is 1. The van der Waals surface area contributed by atoms with Crippen LogP contribution in [0.5, 0.6) is 0 Å². The van der Waals surface area contributed by atoms with E-state index in [1.54, 1.807) is 0 Å². The summed E-state index contributed by atoms with van der Waals surface area (Å²) in [7, 11) is 0. The molecule has 0 heterocycles. The molecule has 1 N–H and O–H groups in total. The van der Waals surface area contributed by atoms with Crippen LogP contribution in [0, 0.1) is 0 Å². The van der Waals surface area contributed by atoms with E-state index in [4.69, 9.17) is 34.8 Å². The maximum Gasteiger partial charge on any atom is 0.0612 e. The summed E-state index contributed by atoms with van der Waals surface area (Å²) >= 11 is 18.0. The molecule has 0 aromatic heterocycles. The van der Waals surface area contributed by atoms with E-state index in [1.165, 1.54) is 11.1 Å². The first-order valence-corrected chi connectivity index (χ1v) is 7.24. The first-order chi connectivity index (χ1) is 9.11. The van der Waals surface area contributed by atoms with Crippen LogP contribution in [0.15, 0.2) is 36.4 Å². The monoisotopic (exact) mass is 311 g/mol. The molecule has 0 aliphatic heterocycles. The average Bonchev–Trinajstić information content (AvgIpc) is 2.75. The summed E-state index contributed by atoms with van der Waals surface area (Å²) in [5.74, 6) is 0. The van der Waals surface area contributed by atoms with Crippen LogP contribution >= 0.6 is 34.8 Å². The number of fused-ring (bicyclic) bond motifs is 1. The second kappa shape index (κ2) is 5.24. The summed E-state index contributed by atoms with van der Waals surface area (Å²) in [4.78, 5) is 0. The zero-order valence-electron chi connectivity index (χ0n) is 10.1. The zero-order valence-corrected chi connectivity index (χ0v) is 12.4. The van der Waals surface area contributed by atoms with E-state index in [-0.39, 0.29) is 0 Å². The van der Waals surface area contributed by atoms with Gasteiger partial charge in [0.1, 0.15) is 0 Å². The van der Waals surface area contributed by atoms with Crippen molar-refractivity contribution in [2.75, 3.05) is 5.32 Å². The van der Waals surface area contributed by atoms with Gasteiger partial charge in [0.05, 0.1) is 10.0 Å². The van der Waals surface area contributed by atoms with Crippen LogP contribution in [0.3, 0.4) is 0 Å². The van der Waals surface area contributed by atoms with E-state index in [1.807, 2.05) is 30.3 Å². The Balaban J connectivity index is 1.75. The van der Waals surface area contributed by atoms with Crippen LogP contribution in [-0.4, -0.2) is 6.04 Å². The van der Waals surface area contributed by atoms with E-state index >= 15 is 0 Å². The average molecular weight is 313 g/mol. The third kappa shape index (κ3) is 2.84. The van der Waals surface area contributed by atoms with Crippen LogP contribution < -0.4 is 5.32 Å². The molecule has 2 aromatic rings. The molecule has 98 valence electrons. The molecule has 0 radical (unpaired) electrons. The highest BCUT2D eigenvalue weighted by molar-refractivity contribution is 6.42. The second-order valence-electron chi connectivity index (χ2n) is 4.79. The minimum atomic E-state index is 0.380. The van der Waals surface area contributed by atoms with Crippen molar-refractivity contribution in [3.05, 3.63) is 62.6 Å². The van der Waals surface area contributed by atoms with Gasteiger partial charge in [0, 0.05) is 16.8 Å². The molecule has 0 saturated heterocycles. The van der Waals surface area contributed by atoms with Gasteiger partial charge in [-0.1, -0.05) is 40.9 Å². The summed E-state index contributed by atoms with van der Waals surface area (Å²) in [6, 6.07) is 12.1. The Bertz CT molecular complexity index is 625. The molecule has 4 heteroatoms. The van der Waals surface area contributed by atoms with Crippen molar-refractivity contribution < 1.29 is 0 Å². The lowest BCUT2D eigenvalue weighted by Crippen LogP contribution is -2.19. The van der Waals surface area contributed by atoms with Gasteiger partial charge in [-0.05, 0) is 54.3 Å². The number of rotatable bonds is 2. The largest absolute Gasteiger partial charge is 0.382 e. The molecule has 1 atom stereocenters. The third-order valence-corrected chi connectivity index (χ3v) is 4.37. The van der Waals surface area contributed by atoms with Crippen LogP contribution in [0.25, 0.3) is 0 Å². The van der Waals surface area contributed by atoms with Gasteiger partial charge in [-0.25, -0.2) is 0 Å². The summed E-state index contributed by atoms with van der Waals surface area (Å²) in [6.45, 7) is 0. The van der Waals surface area contributed by atoms with E-state index in [9.17, 15) is 0 Å². The highest BCUT2D eigenvalue weighted by Crippen LogP contribution is 2.29. The Labute approximate surface area is 127 Å². The topological polar surface area (TPSA) is 12.0 Å². The SMILES string of the molecule is Clc1ccc2c(c1)CC(Nc1ccc(Cl)c(Cl)c1)C2. The maximum absolute atomic E-state index is 6.02. The summed E-state index contributed by atoms with van der Waals surface area (Å²) in [5.41, 5.74) is 3.69. The zero-order chi connectivity index (χ0) is 13.4. The number of anilines is 1. The Morgan fingerprint density at radius 3 is 2.42 bits per heavy atom. The van der Waals surface area contributed by atoms with Crippen LogP contribution in [0.4, 0.5) is 5.69 Å². The molecule has 0 bridgehead atoms. The minimum absolute atomic E-state index is 0.380. The number of halogens is 3. The first-order valence-electron chi connectivity index (χ1n) is 6.11. The summed E-state index contributed by atoms with van der Waals surface area (Å²) in [6.07, 6.45) is 1.99. The van der Waals surface area contributed by atoms with E-state index in [2.05, 4.69) is 11.4 Å². The van der Waals surface area contributed by atoms with Gasteiger partial charge in [-0.2, -0.15) is 0 Å². The van der Waals surface area contributed by atoms with Gasteiger partial charge < -0.3 is 5.32 Å². The number of nitrogens with one attached hydrogen (secondary N) is 1. The fraction of sp³-hybridized carbons (Fsp3) is 0.200. The van der Waals surface area contributed by atoms with Crippen molar-refractivity contribution in [3.8, 4) is 0 Å². The third-order valence-electron chi connectivity index (χ3n) is 3.39. The fourth-order valence-electron chi connectivity index (χ4n) is 2.51. The van der Waals surface area contributed by atoms with Crippen molar-refractivity contribution in [2.45, 2.75) is 18.9 Å². The predicted octanol–water partition coefficient (Wildman–Crippen LogP) is 5.23. The van der Waals surface area contributed by atoms with Gasteiger partial charge >= 0.3 is 0 Å². The highest BCUT2D eigenvalue weighted by atomic mass is 35.5. The molecular formula is C15H12Cl3N. The molecule has 19 heavy (non-hydrogen) atoms. The Hall–Kier alpha value is -0.890. The van der Waals surface area contributed by atoms with Crippen LogP contribution in [-0.2, 0) is 12.8 Å². The van der Waals surface area contributed by atoms with Crippen LogP contribution in [0.1, 0.15) is 11.1 Å². The van der Waals surface area contributed by atoms with Crippen molar-refractivity contribution in [2.24, 2.45) is 0 Å². The van der Waals surface area contributed by atoms with Crippen molar-refractivity contribution >= 4 is 40.5 Å². The molecule has 0 saturated carbocycles. The van der Waals surface area contributed by atoms with Crippen LogP contribution in [0.2, 0.25) is 15.1 Å². The molecule has 1 unspecified atom stereocenters. The maximum atomic E-state index is 6.02. The molecule has 1 aliphatic carbocycles. The van der Waals surface area contributed by atoms with E-state index in [0.717, 1.165) is 23.6 Å². The quantitative estimate of drug-likeness (QED) is 0.801. The van der Waals surface area contributed by atoms with Gasteiger partial charge in [-0.15, -0.1) is 0 Å². The molecular weight excluding hydrogens is 301 g/mol. The van der Waals surface area contributed by atoms with Gasteiger partial charge in [0.25, 0.3) is 0 Å². The molecule has 3 rings (SSSR count). The van der Waals surface area contributed by atoms with Gasteiger partial charge in [0.15, 0.2) is 0 Å². The predicted molar refractivity (Wildman–Crippen MR) is 82.7 cm³/mol. The number of benzene rings is 2. The van der Waals surface area contributed by atoms with Crippen molar-refractivity contribution in [1.29, 1.82) is 0 Å². The van der Waals surface area contributed by atoms with Gasteiger partial charge in [-0.3, -0.25) is 0 Å². The fourth-order valence-corrected chi connectivity index (χ4v) is 3.00. The lowest BCUT2D eigenvalue weighted by Gasteiger charge is -2.14. The molecule has 2 aromatic carbocycles. The number of hydrogen-bond donors (Lipinski definition) is 1. The molecule has 0 fully saturated rings. The molecule has 0 amide bonds. The molecule has 1 aliphatic rings. The lowest BCUT2D eigenvalue weighted by atomic mass is 10.1. The normalized spacial score (nSPS) is 17.3. The first kappa shape index (κ1) is 13.1. The lowest BCUT2D eigenvalue weighted by molar-refractivity contribution is 0.774. The van der Waals surface area contributed by atoms with E-state index in [0.29, 0.717) is 16.1 Å². The smallest absolute Gasteiger partial charge is 0.0612 e. The van der Waals surface area contributed by atoms with Crippen molar-refractivity contribution in [3.63, 3.8) is 0 Å². The minimum Gasteiger partial charge on any atom is -0.382 e. The Kier molecular flexibility index (Phi) is 3.62. The van der Waals surface area contributed by atoms with Gasteiger partial charge in [0.2, 0.25) is 0 Å². The molecule has 1 nitrogen and oxygen atoms in total. The standard InChI is InChI=1S/C15H12Cl3N/c16-11-2-1-9-6-13(7-10(9)5-11)19-12-3-4-14(17)15(18)8-12/h1-5,8,13,19H,6-7H2. The Morgan fingerprint density at radius 1 is 0.842 bits per heavy atom. The molecule has 0 spiro atoms. The second-order valence-corrected chi connectivity index (χ2v) is 6.04.